The molecule has 1 fully saturated rings. The second kappa shape index (κ2) is 11.7. The third kappa shape index (κ3) is 6.28. The lowest BCUT2D eigenvalue weighted by Gasteiger charge is -2.23. The molecule has 0 amide bonds. The van der Waals surface area contributed by atoms with E-state index in [9.17, 15) is 10.2 Å². The van der Waals surface area contributed by atoms with Crippen molar-refractivity contribution in [3.8, 4) is 11.5 Å². The molecule has 0 radical (unpaired) electrons. The van der Waals surface area contributed by atoms with Crippen molar-refractivity contribution in [2.75, 3.05) is 0 Å². The number of aryl methyl sites for hydroxylation is 2. The molecule has 0 atom stereocenters. The van der Waals surface area contributed by atoms with E-state index in [4.69, 9.17) is 9.98 Å². The van der Waals surface area contributed by atoms with E-state index in [0.717, 1.165) is 60.8 Å². The second-order valence-corrected chi connectivity index (χ2v) is 10.3. The summed E-state index contributed by atoms with van der Waals surface area (Å²) in [6.07, 6.45) is 9.58. The number of aromatic hydroxyl groups is 2. The quantitative estimate of drug-likeness (QED) is 0.404. The largest absolute Gasteiger partial charge is 0.507 e. The Labute approximate surface area is 205 Å². The van der Waals surface area contributed by atoms with Crippen LogP contribution in [-0.2, 0) is 12.8 Å². The van der Waals surface area contributed by atoms with E-state index in [1.54, 1.807) is 0 Å². The summed E-state index contributed by atoms with van der Waals surface area (Å²) in [5.74, 6) is 1.29. The van der Waals surface area contributed by atoms with Gasteiger partial charge in [0, 0.05) is 23.6 Å². The van der Waals surface area contributed by atoms with E-state index in [0.29, 0.717) is 11.5 Å². The van der Waals surface area contributed by atoms with Gasteiger partial charge in [0.25, 0.3) is 0 Å². The third-order valence-corrected chi connectivity index (χ3v) is 7.03. The number of phenols is 2. The summed E-state index contributed by atoms with van der Waals surface area (Å²) in [6, 6.07) is 8.87. The Balaban J connectivity index is 1.66. The monoisotopic (exact) mass is 462 g/mol. The van der Waals surface area contributed by atoms with E-state index >= 15 is 0 Å². The maximum Gasteiger partial charge on any atom is 0.127 e. The van der Waals surface area contributed by atoms with Crippen LogP contribution in [0.5, 0.6) is 11.5 Å². The van der Waals surface area contributed by atoms with Gasteiger partial charge in [-0.05, 0) is 84.7 Å². The molecule has 184 valence electrons. The van der Waals surface area contributed by atoms with Crippen molar-refractivity contribution in [2.24, 2.45) is 9.98 Å². The molecule has 0 saturated heterocycles. The van der Waals surface area contributed by atoms with Gasteiger partial charge in [0.05, 0.1) is 12.1 Å². The first kappa shape index (κ1) is 26.0. The highest BCUT2D eigenvalue weighted by Gasteiger charge is 2.20. The van der Waals surface area contributed by atoms with Gasteiger partial charge < -0.3 is 10.2 Å². The Morgan fingerprint density at radius 1 is 0.706 bits per heavy atom. The predicted molar refractivity (Wildman–Crippen MR) is 144 cm³/mol. The summed E-state index contributed by atoms with van der Waals surface area (Å²) < 4.78 is 0. The fourth-order valence-corrected chi connectivity index (χ4v) is 4.70. The molecule has 0 aliphatic heterocycles. The molecular formula is C30H42N2O2. The summed E-state index contributed by atoms with van der Waals surface area (Å²) in [5.41, 5.74) is 6.12. The first-order valence-corrected chi connectivity index (χ1v) is 13.0. The minimum absolute atomic E-state index is 0.267. The molecule has 0 unspecified atom stereocenters. The Bertz CT molecular complexity index is 945. The van der Waals surface area contributed by atoms with Crippen molar-refractivity contribution >= 4 is 12.4 Å². The van der Waals surface area contributed by atoms with Gasteiger partial charge in [0.15, 0.2) is 0 Å². The zero-order valence-corrected chi connectivity index (χ0v) is 21.8. The molecule has 0 heterocycles. The average Bonchev–Trinajstić information content (AvgIpc) is 2.83. The van der Waals surface area contributed by atoms with E-state index in [1.807, 2.05) is 12.4 Å². The van der Waals surface area contributed by atoms with Crippen molar-refractivity contribution in [3.63, 3.8) is 0 Å². The number of phenolic OH excluding ortho intramolecular Hbond substituents is 2. The van der Waals surface area contributed by atoms with Gasteiger partial charge >= 0.3 is 0 Å². The first-order valence-electron chi connectivity index (χ1n) is 13.0. The number of hydrogen-bond acceptors (Lipinski definition) is 4. The molecule has 4 heteroatoms. The fraction of sp³-hybridized carbons (Fsp3) is 0.533. The molecule has 0 bridgehead atoms. The number of aliphatic imine (C=N–C) groups is 2. The predicted octanol–water partition coefficient (Wildman–Crippen LogP) is 7.32. The molecule has 1 aliphatic carbocycles. The highest BCUT2D eigenvalue weighted by molar-refractivity contribution is 5.85. The van der Waals surface area contributed by atoms with Crippen LogP contribution in [-0.4, -0.2) is 34.7 Å². The van der Waals surface area contributed by atoms with Gasteiger partial charge in [-0.3, -0.25) is 9.98 Å². The molecule has 34 heavy (non-hydrogen) atoms. The summed E-state index contributed by atoms with van der Waals surface area (Å²) >= 11 is 0. The topological polar surface area (TPSA) is 65.2 Å². The van der Waals surface area contributed by atoms with Crippen LogP contribution in [0.4, 0.5) is 0 Å². The van der Waals surface area contributed by atoms with E-state index < -0.39 is 0 Å². The molecule has 2 aromatic rings. The standard InChI is InChI=1S/C30H42N2O2/c1-7-21-13-23(29(33)27(15-21)19(3)4)17-31-25-9-11-26(12-10-25)32-18-24-14-22(8-2)16-28(20(5)6)30(24)34/h13-20,25-26,33-34H,7-12H2,1-6H3. The van der Waals surface area contributed by atoms with Crippen LogP contribution in [0.25, 0.3) is 0 Å². The maximum absolute atomic E-state index is 10.7. The SMILES string of the molecule is CCc1cc(C=NC2CCC(N=Cc3cc(CC)cc(C(C)C)c3O)CC2)c(O)c(C(C)C)c1. The number of hydrogen-bond donors (Lipinski definition) is 2. The highest BCUT2D eigenvalue weighted by Crippen LogP contribution is 2.32. The van der Waals surface area contributed by atoms with Gasteiger partial charge in [-0.15, -0.1) is 0 Å². The molecule has 3 rings (SSSR count). The van der Waals surface area contributed by atoms with Crippen LogP contribution >= 0.6 is 0 Å². The molecule has 0 aromatic heterocycles. The molecule has 1 aliphatic rings. The lowest BCUT2D eigenvalue weighted by atomic mass is 9.91. The lowest BCUT2D eigenvalue weighted by Crippen LogP contribution is -2.20. The van der Waals surface area contributed by atoms with Crippen LogP contribution in [0, 0.1) is 0 Å². The average molecular weight is 463 g/mol. The Morgan fingerprint density at radius 2 is 1.06 bits per heavy atom. The van der Waals surface area contributed by atoms with Gasteiger partial charge in [0.2, 0.25) is 0 Å². The van der Waals surface area contributed by atoms with Crippen LogP contribution in [0.3, 0.4) is 0 Å². The summed E-state index contributed by atoms with van der Waals surface area (Å²) in [5, 5.41) is 21.4. The minimum Gasteiger partial charge on any atom is -0.507 e. The van der Waals surface area contributed by atoms with Gasteiger partial charge in [0.1, 0.15) is 11.5 Å². The Morgan fingerprint density at radius 3 is 1.35 bits per heavy atom. The second-order valence-electron chi connectivity index (χ2n) is 10.3. The zero-order chi connectivity index (χ0) is 24.8. The smallest absolute Gasteiger partial charge is 0.127 e. The number of rotatable bonds is 8. The summed E-state index contributed by atoms with van der Waals surface area (Å²) in [6.45, 7) is 12.7. The van der Waals surface area contributed by atoms with Gasteiger partial charge in [-0.1, -0.05) is 53.7 Å². The van der Waals surface area contributed by atoms with Crippen LogP contribution < -0.4 is 0 Å². The first-order chi connectivity index (χ1) is 16.2. The van der Waals surface area contributed by atoms with Crippen molar-refractivity contribution in [1.29, 1.82) is 0 Å². The molecule has 1 saturated carbocycles. The van der Waals surface area contributed by atoms with Crippen molar-refractivity contribution in [2.45, 2.75) is 104 Å². The summed E-state index contributed by atoms with van der Waals surface area (Å²) in [4.78, 5) is 9.67. The molecule has 2 aromatic carbocycles. The van der Waals surface area contributed by atoms with Crippen molar-refractivity contribution in [3.05, 3.63) is 57.6 Å². The Kier molecular flexibility index (Phi) is 8.93. The lowest BCUT2D eigenvalue weighted by molar-refractivity contribution is 0.399. The highest BCUT2D eigenvalue weighted by atomic mass is 16.3. The third-order valence-electron chi connectivity index (χ3n) is 7.03. The molecule has 4 nitrogen and oxygen atoms in total. The van der Waals surface area contributed by atoms with E-state index in [2.05, 4.69) is 65.8 Å². The van der Waals surface area contributed by atoms with Crippen molar-refractivity contribution in [1.82, 2.24) is 0 Å². The Hall–Kier alpha value is -2.62. The van der Waals surface area contributed by atoms with Crippen molar-refractivity contribution < 1.29 is 10.2 Å². The maximum atomic E-state index is 10.7. The number of benzene rings is 2. The molecular weight excluding hydrogens is 420 g/mol. The minimum atomic E-state index is 0.267. The van der Waals surface area contributed by atoms with Crippen LogP contribution in [0.1, 0.15) is 112 Å². The van der Waals surface area contributed by atoms with E-state index in [1.165, 1.54) is 11.1 Å². The molecule has 2 N–H and O–H groups in total. The fourth-order valence-electron chi connectivity index (χ4n) is 4.70. The van der Waals surface area contributed by atoms with Crippen LogP contribution in [0.2, 0.25) is 0 Å². The van der Waals surface area contributed by atoms with Gasteiger partial charge in [-0.2, -0.15) is 0 Å². The van der Waals surface area contributed by atoms with Crippen LogP contribution in [0.15, 0.2) is 34.3 Å². The normalized spacial score (nSPS) is 19.2. The van der Waals surface area contributed by atoms with Gasteiger partial charge in [-0.25, -0.2) is 0 Å². The molecule has 0 spiro atoms. The summed E-state index contributed by atoms with van der Waals surface area (Å²) in [7, 11) is 0. The number of nitrogens with zero attached hydrogens (tertiary/aromatic N) is 2. The van der Waals surface area contributed by atoms with E-state index in [-0.39, 0.29) is 23.9 Å². The zero-order valence-electron chi connectivity index (χ0n) is 21.8.